The first-order chi connectivity index (χ1) is 8.72. The number of rotatable bonds is 5. The van der Waals surface area contributed by atoms with E-state index in [1.807, 2.05) is 0 Å². The van der Waals surface area contributed by atoms with Crippen molar-refractivity contribution in [1.29, 1.82) is 0 Å². The summed E-state index contributed by atoms with van der Waals surface area (Å²) >= 11 is 3.38. The third-order valence-electron chi connectivity index (χ3n) is 3.04. The topological polar surface area (TPSA) is 78.6 Å². The van der Waals surface area contributed by atoms with Crippen molar-refractivity contribution >= 4 is 25.8 Å². The lowest BCUT2D eigenvalue weighted by Gasteiger charge is -2.21. The molecule has 0 spiro atoms. The number of sulfone groups is 1. The molecule has 7 heteroatoms. The fourth-order valence-electron chi connectivity index (χ4n) is 1.64. The van der Waals surface area contributed by atoms with Gasteiger partial charge in [0.25, 0.3) is 0 Å². The van der Waals surface area contributed by atoms with E-state index in [1.54, 1.807) is 19.1 Å². The molecule has 2 unspecified atom stereocenters. The Morgan fingerprint density at radius 3 is 2.11 bits per heavy atom. The van der Waals surface area contributed by atoms with Crippen LogP contribution in [0.1, 0.15) is 18.5 Å². The lowest BCUT2D eigenvalue weighted by atomic mass is 10.0. The molecular weight excluding hydrogens is 334 g/mol. The minimum atomic E-state index is -3.22. The van der Waals surface area contributed by atoms with E-state index in [1.165, 1.54) is 20.5 Å². The molecule has 108 valence electrons. The highest BCUT2D eigenvalue weighted by atomic mass is 79.9. The molecule has 0 aliphatic heterocycles. The lowest BCUT2D eigenvalue weighted by Crippen LogP contribution is -2.30. The maximum Gasteiger partial charge on any atom is 0.161 e. The molecule has 1 aromatic carbocycles. The zero-order valence-electron chi connectivity index (χ0n) is 11.3. The number of benzene rings is 1. The quantitative estimate of drug-likeness (QED) is 0.876. The second-order valence-corrected chi connectivity index (χ2v) is 7.55. The molecular formula is C12H18BrNO4S. The number of hydrogen-bond acceptors (Lipinski definition) is 5. The summed E-state index contributed by atoms with van der Waals surface area (Å²) in [6.07, 6.45) is 1.17. The molecule has 1 rings (SSSR count). The second kappa shape index (κ2) is 6.11. The van der Waals surface area contributed by atoms with E-state index in [4.69, 9.17) is 15.2 Å². The van der Waals surface area contributed by atoms with Crippen molar-refractivity contribution in [2.24, 2.45) is 5.73 Å². The standard InChI is InChI=1S/C12H18BrNO4S/c1-7(19(4,15)16)12(14)8-5-10(17-2)11(18-3)6-9(8)13/h5-7,12H,14H2,1-4H3. The molecule has 0 fully saturated rings. The smallest absolute Gasteiger partial charge is 0.161 e. The average Bonchev–Trinajstić information content (AvgIpc) is 2.35. The monoisotopic (exact) mass is 351 g/mol. The van der Waals surface area contributed by atoms with Gasteiger partial charge in [0.2, 0.25) is 0 Å². The third kappa shape index (κ3) is 3.61. The molecule has 0 saturated carbocycles. The fourth-order valence-corrected chi connectivity index (χ4v) is 2.91. The van der Waals surface area contributed by atoms with Gasteiger partial charge in [-0.15, -0.1) is 0 Å². The first-order valence-corrected chi connectivity index (χ1v) is 8.33. The van der Waals surface area contributed by atoms with Gasteiger partial charge in [-0.05, 0) is 24.6 Å². The van der Waals surface area contributed by atoms with E-state index in [9.17, 15) is 8.42 Å². The first kappa shape index (κ1) is 16.3. The van der Waals surface area contributed by atoms with Crippen LogP contribution in [0.3, 0.4) is 0 Å². The number of halogens is 1. The minimum Gasteiger partial charge on any atom is -0.493 e. The SMILES string of the molecule is COc1cc(Br)c(C(N)C(C)S(C)(=O)=O)cc1OC. The molecule has 0 saturated heterocycles. The molecule has 0 amide bonds. The summed E-state index contributed by atoms with van der Waals surface area (Å²) in [5.41, 5.74) is 6.70. The van der Waals surface area contributed by atoms with Crippen LogP contribution < -0.4 is 15.2 Å². The predicted octanol–water partition coefficient (Wildman–Crippen LogP) is 1.90. The normalized spacial score (nSPS) is 14.8. The van der Waals surface area contributed by atoms with Gasteiger partial charge in [-0.1, -0.05) is 15.9 Å². The molecule has 0 aliphatic rings. The van der Waals surface area contributed by atoms with E-state index in [0.717, 1.165) is 0 Å². The molecule has 0 heterocycles. The Kier molecular flexibility index (Phi) is 5.23. The van der Waals surface area contributed by atoms with Gasteiger partial charge in [-0.25, -0.2) is 8.42 Å². The number of ether oxygens (including phenoxy) is 2. The minimum absolute atomic E-state index is 0.511. The van der Waals surface area contributed by atoms with E-state index >= 15 is 0 Å². The van der Waals surface area contributed by atoms with Gasteiger partial charge in [0, 0.05) is 16.8 Å². The predicted molar refractivity (Wildman–Crippen MR) is 78.5 cm³/mol. The van der Waals surface area contributed by atoms with Crippen molar-refractivity contribution in [2.45, 2.75) is 18.2 Å². The fraction of sp³-hybridized carbons (Fsp3) is 0.500. The van der Waals surface area contributed by atoms with Gasteiger partial charge in [0.15, 0.2) is 21.3 Å². The second-order valence-electron chi connectivity index (χ2n) is 4.29. The zero-order chi connectivity index (χ0) is 14.8. The van der Waals surface area contributed by atoms with Crippen LogP contribution in [0.4, 0.5) is 0 Å². The zero-order valence-corrected chi connectivity index (χ0v) is 13.7. The maximum absolute atomic E-state index is 11.6. The van der Waals surface area contributed by atoms with Crippen molar-refractivity contribution in [3.05, 3.63) is 22.2 Å². The first-order valence-electron chi connectivity index (χ1n) is 5.58. The summed E-state index contributed by atoms with van der Waals surface area (Å²) in [5, 5.41) is -0.693. The van der Waals surface area contributed by atoms with Crippen LogP contribution >= 0.6 is 15.9 Å². The van der Waals surface area contributed by atoms with Crippen molar-refractivity contribution < 1.29 is 17.9 Å². The van der Waals surface area contributed by atoms with Crippen molar-refractivity contribution in [3.63, 3.8) is 0 Å². The summed E-state index contributed by atoms with van der Waals surface area (Å²) in [5.74, 6) is 1.06. The van der Waals surface area contributed by atoms with Crippen LogP contribution in [0, 0.1) is 0 Å². The molecule has 19 heavy (non-hydrogen) atoms. The van der Waals surface area contributed by atoms with Crippen molar-refractivity contribution in [3.8, 4) is 11.5 Å². The molecule has 0 aromatic heterocycles. The van der Waals surface area contributed by atoms with Gasteiger partial charge < -0.3 is 15.2 Å². The summed E-state index contributed by atoms with van der Waals surface area (Å²) in [6, 6.07) is 2.75. The van der Waals surface area contributed by atoms with Gasteiger partial charge in [0.05, 0.1) is 19.5 Å². The Morgan fingerprint density at radius 2 is 1.68 bits per heavy atom. The summed E-state index contributed by atoms with van der Waals surface area (Å²) in [4.78, 5) is 0. The highest BCUT2D eigenvalue weighted by Crippen LogP contribution is 2.36. The van der Waals surface area contributed by atoms with E-state index in [-0.39, 0.29) is 0 Å². The molecule has 2 atom stereocenters. The molecule has 0 radical (unpaired) electrons. The highest BCUT2D eigenvalue weighted by Gasteiger charge is 2.26. The van der Waals surface area contributed by atoms with Gasteiger partial charge in [-0.3, -0.25) is 0 Å². The van der Waals surface area contributed by atoms with Crippen LogP contribution in [0.15, 0.2) is 16.6 Å². The van der Waals surface area contributed by atoms with Crippen LogP contribution in [-0.2, 0) is 9.84 Å². The molecule has 0 bridgehead atoms. The summed E-state index contributed by atoms with van der Waals surface area (Å²) < 4.78 is 34.2. The van der Waals surface area contributed by atoms with E-state index < -0.39 is 21.1 Å². The number of nitrogens with two attached hydrogens (primary N) is 1. The highest BCUT2D eigenvalue weighted by molar-refractivity contribution is 9.10. The van der Waals surface area contributed by atoms with Gasteiger partial charge in [0.1, 0.15) is 0 Å². The number of methoxy groups -OCH3 is 2. The summed E-state index contributed by atoms with van der Waals surface area (Å²) in [7, 11) is -0.174. The van der Waals surface area contributed by atoms with Crippen LogP contribution in [0.25, 0.3) is 0 Å². The van der Waals surface area contributed by atoms with Gasteiger partial charge in [-0.2, -0.15) is 0 Å². The van der Waals surface area contributed by atoms with E-state index in [2.05, 4.69) is 15.9 Å². The Hall–Kier alpha value is -0.790. The summed E-state index contributed by atoms with van der Waals surface area (Å²) in [6.45, 7) is 1.59. The van der Waals surface area contributed by atoms with Gasteiger partial charge >= 0.3 is 0 Å². The Bertz CT molecular complexity index is 559. The van der Waals surface area contributed by atoms with Crippen LogP contribution in [-0.4, -0.2) is 34.1 Å². The Balaban J connectivity index is 3.28. The Labute approximate surface area is 122 Å². The molecule has 5 nitrogen and oxygen atoms in total. The largest absolute Gasteiger partial charge is 0.493 e. The maximum atomic E-state index is 11.6. The van der Waals surface area contributed by atoms with E-state index in [0.29, 0.717) is 21.5 Å². The van der Waals surface area contributed by atoms with Crippen molar-refractivity contribution in [1.82, 2.24) is 0 Å². The third-order valence-corrected chi connectivity index (χ3v) is 5.37. The molecule has 2 N–H and O–H groups in total. The number of hydrogen-bond donors (Lipinski definition) is 1. The molecule has 0 aliphatic carbocycles. The average molecular weight is 352 g/mol. The van der Waals surface area contributed by atoms with Crippen LogP contribution in [0.2, 0.25) is 0 Å². The molecule has 1 aromatic rings. The Morgan fingerprint density at radius 1 is 1.21 bits per heavy atom. The van der Waals surface area contributed by atoms with Crippen LogP contribution in [0.5, 0.6) is 11.5 Å². The van der Waals surface area contributed by atoms with Crippen molar-refractivity contribution in [2.75, 3.05) is 20.5 Å². The lowest BCUT2D eigenvalue weighted by molar-refractivity contribution is 0.354.